The molecule has 9 heavy (non-hydrogen) atoms. The summed E-state index contributed by atoms with van der Waals surface area (Å²) in [4.78, 5) is 0. The maximum atomic E-state index is 9.33. The van der Waals surface area contributed by atoms with Crippen molar-refractivity contribution in [1.29, 1.82) is 0 Å². The van der Waals surface area contributed by atoms with Gasteiger partial charge in [-0.2, -0.15) is 0 Å². The highest BCUT2D eigenvalue weighted by Crippen LogP contribution is 2.10. The molecule has 1 heterocycles. The quantitative estimate of drug-likeness (QED) is 0.449. The average molecular weight is 130 g/mol. The van der Waals surface area contributed by atoms with Crippen LogP contribution in [-0.2, 0) is 0 Å². The minimum absolute atomic E-state index is 0.0509. The van der Waals surface area contributed by atoms with E-state index in [0.29, 0.717) is 12.0 Å². The van der Waals surface area contributed by atoms with Gasteiger partial charge in [-0.3, -0.25) is 0 Å². The van der Waals surface area contributed by atoms with Crippen molar-refractivity contribution < 1.29 is 10.4 Å². The van der Waals surface area contributed by atoms with Crippen molar-refractivity contribution in [2.75, 3.05) is 6.54 Å². The predicted octanol–water partition coefficient (Wildman–Crippen LogP) is -0.661. The summed E-state index contributed by atoms with van der Waals surface area (Å²) in [6.45, 7) is 5.38. The molecule has 0 aromatic rings. The molecule has 0 aliphatic carbocycles. The molecule has 1 aliphatic heterocycles. The largest absolute Gasteiger partial charge is 0.392 e. The SMILES string of the molecule is C[C@H]1[C@H](C)[NH2+]CC[C@@H]1O. The zero-order valence-electron chi connectivity index (χ0n) is 6.17. The van der Waals surface area contributed by atoms with Gasteiger partial charge in [0.25, 0.3) is 0 Å². The molecule has 1 fully saturated rings. The van der Waals surface area contributed by atoms with E-state index in [9.17, 15) is 5.11 Å². The molecular weight excluding hydrogens is 114 g/mol. The number of piperidine rings is 1. The first kappa shape index (κ1) is 7.03. The van der Waals surface area contributed by atoms with Crippen LogP contribution in [0.3, 0.4) is 0 Å². The molecule has 1 saturated heterocycles. The fourth-order valence-corrected chi connectivity index (χ4v) is 1.36. The van der Waals surface area contributed by atoms with Crippen LogP contribution in [-0.4, -0.2) is 23.8 Å². The van der Waals surface area contributed by atoms with Crippen molar-refractivity contribution in [3.63, 3.8) is 0 Å². The molecule has 0 saturated carbocycles. The highest BCUT2D eigenvalue weighted by atomic mass is 16.3. The maximum Gasteiger partial charge on any atom is 0.0881 e. The molecule has 0 unspecified atom stereocenters. The van der Waals surface area contributed by atoms with Crippen LogP contribution in [0.1, 0.15) is 20.3 Å². The van der Waals surface area contributed by atoms with Gasteiger partial charge in [0.2, 0.25) is 0 Å². The van der Waals surface area contributed by atoms with Gasteiger partial charge in [0, 0.05) is 12.3 Å². The Morgan fingerprint density at radius 3 is 2.56 bits per heavy atom. The minimum Gasteiger partial charge on any atom is -0.392 e. The maximum absolute atomic E-state index is 9.33. The molecule has 0 amide bonds. The van der Waals surface area contributed by atoms with E-state index in [2.05, 4.69) is 19.2 Å². The molecule has 54 valence electrons. The third-order valence-corrected chi connectivity index (χ3v) is 2.44. The van der Waals surface area contributed by atoms with Gasteiger partial charge in [-0.25, -0.2) is 0 Å². The van der Waals surface area contributed by atoms with Crippen molar-refractivity contribution in [3.8, 4) is 0 Å². The van der Waals surface area contributed by atoms with Gasteiger partial charge >= 0.3 is 0 Å². The van der Waals surface area contributed by atoms with E-state index in [0.717, 1.165) is 13.0 Å². The fourth-order valence-electron chi connectivity index (χ4n) is 1.36. The van der Waals surface area contributed by atoms with Crippen molar-refractivity contribution >= 4 is 0 Å². The summed E-state index contributed by atoms with van der Waals surface area (Å²) >= 11 is 0. The third-order valence-electron chi connectivity index (χ3n) is 2.44. The number of hydrogen-bond donors (Lipinski definition) is 2. The monoisotopic (exact) mass is 130 g/mol. The number of aliphatic hydroxyl groups excluding tert-OH is 1. The van der Waals surface area contributed by atoms with Crippen LogP contribution in [0.5, 0.6) is 0 Å². The van der Waals surface area contributed by atoms with Crippen LogP contribution in [0.4, 0.5) is 0 Å². The Balaban J connectivity index is 2.41. The first-order chi connectivity index (χ1) is 4.22. The van der Waals surface area contributed by atoms with Gasteiger partial charge in [-0.15, -0.1) is 0 Å². The molecule has 0 spiro atoms. The molecule has 2 nitrogen and oxygen atoms in total. The van der Waals surface area contributed by atoms with Crippen molar-refractivity contribution in [2.45, 2.75) is 32.4 Å². The van der Waals surface area contributed by atoms with Gasteiger partial charge in [0.1, 0.15) is 0 Å². The van der Waals surface area contributed by atoms with Crippen LogP contribution < -0.4 is 5.32 Å². The molecule has 2 heteroatoms. The Bertz CT molecular complexity index is 84.9. The lowest BCUT2D eigenvalue weighted by Gasteiger charge is -2.28. The number of aliphatic hydroxyl groups is 1. The average Bonchev–Trinajstić information content (AvgIpc) is 1.83. The van der Waals surface area contributed by atoms with Gasteiger partial charge < -0.3 is 10.4 Å². The number of quaternary nitrogens is 1. The lowest BCUT2D eigenvalue weighted by molar-refractivity contribution is -0.704. The molecule has 0 aromatic carbocycles. The first-order valence-corrected chi connectivity index (χ1v) is 3.73. The Kier molecular flexibility index (Phi) is 2.09. The molecule has 0 bridgehead atoms. The first-order valence-electron chi connectivity index (χ1n) is 3.73. The van der Waals surface area contributed by atoms with E-state index in [-0.39, 0.29) is 6.10 Å². The smallest absolute Gasteiger partial charge is 0.0881 e. The molecule has 1 aliphatic rings. The number of nitrogens with two attached hydrogens (primary N) is 1. The highest BCUT2D eigenvalue weighted by molar-refractivity contribution is 4.71. The van der Waals surface area contributed by atoms with Gasteiger partial charge in [0.05, 0.1) is 18.7 Å². The second kappa shape index (κ2) is 2.67. The second-order valence-corrected chi connectivity index (χ2v) is 3.10. The molecule has 0 aromatic heterocycles. The fraction of sp³-hybridized carbons (Fsp3) is 1.00. The summed E-state index contributed by atoms with van der Waals surface area (Å²) in [5, 5.41) is 11.6. The van der Waals surface area contributed by atoms with Crippen molar-refractivity contribution in [1.82, 2.24) is 0 Å². The van der Waals surface area contributed by atoms with Crippen molar-refractivity contribution in [3.05, 3.63) is 0 Å². The summed E-state index contributed by atoms with van der Waals surface area (Å²) in [5.41, 5.74) is 0. The van der Waals surface area contributed by atoms with Gasteiger partial charge in [-0.05, 0) is 6.92 Å². The van der Waals surface area contributed by atoms with Crippen molar-refractivity contribution in [2.24, 2.45) is 5.92 Å². The Labute approximate surface area is 56.3 Å². The second-order valence-electron chi connectivity index (χ2n) is 3.10. The van der Waals surface area contributed by atoms with Crippen LogP contribution in [0, 0.1) is 5.92 Å². The number of hydrogen-bond acceptors (Lipinski definition) is 1. The summed E-state index contributed by atoms with van der Waals surface area (Å²) in [6.07, 6.45) is 0.913. The Hall–Kier alpha value is -0.0800. The zero-order valence-corrected chi connectivity index (χ0v) is 6.17. The van der Waals surface area contributed by atoms with E-state index in [4.69, 9.17) is 0 Å². The predicted molar refractivity (Wildman–Crippen MR) is 36.0 cm³/mol. The molecule has 1 rings (SSSR count). The molecule has 3 atom stereocenters. The van der Waals surface area contributed by atoms with Crippen LogP contribution >= 0.6 is 0 Å². The Morgan fingerprint density at radius 2 is 2.11 bits per heavy atom. The van der Waals surface area contributed by atoms with Crippen LogP contribution in [0.15, 0.2) is 0 Å². The molecule has 0 radical (unpaired) electrons. The topological polar surface area (TPSA) is 36.8 Å². The van der Waals surface area contributed by atoms with Crippen LogP contribution in [0.2, 0.25) is 0 Å². The van der Waals surface area contributed by atoms with E-state index >= 15 is 0 Å². The van der Waals surface area contributed by atoms with E-state index in [1.54, 1.807) is 0 Å². The highest BCUT2D eigenvalue weighted by Gasteiger charge is 2.27. The molecular formula is C7H16NO+. The standard InChI is InChI=1S/C7H15NO/c1-5-6(2)8-4-3-7(5)9/h5-9H,3-4H2,1-2H3/p+1/t5-,6-,7-/m0/s1. The van der Waals surface area contributed by atoms with E-state index in [1.807, 2.05) is 0 Å². The van der Waals surface area contributed by atoms with Gasteiger partial charge in [0.15, 0.2) is 0 Å². The lowest BCUT2D eigenvalue weighted by Crippen LogP contribution is -2.93. The van der Waals surface area contributed by atoms with E-state index < -0.39 is 0 Å². The van der Waals surface area contributed by atoms with Crippen LogP contribution in [0.25, 0.3) is 0 Å². The Morgan fingerprint density at radius 1 is 1.44 bits per heavy atom. The molecule has 3 N–H and O–H groups in total. The van der Waals surface area contributed by atoms with Gasteiger partial charge in [-0.1, -0.05) is 6.92 Å². The zero-order chi connectivity index (χ0) is 6.85. The number of rotatable bonds is 0. The lowest BCUT2D eigenvalue weighted by atomic mass is 9.91. The minimum atomic E-state index is -0.0509. The summed E-state index contributed by atoms with van der Waals surface area (Å²) in [6, 6.07) is 0.605. The van der Waals surface area contributed by atoms with E-state index in [1.165, 1.54) is 0 Å². The normalized spacial score (nSPS) is 45.0. The summed E-state index contributed by atoms with van der Waals surface area (Å²) in [7, 11) is 0. The summed E-state index contributed by atoms with van der Waals surface area (Å²) in [5.74, 6) is 0.471. The summed E-state index contributed by atoms with van der Waals surface area (Å²) < 4.78 is 0. The third kappa shape index (κ3) is 1.43.